The van der Waals surface area contributed by atoms with E-state index in [1.165, 1.54) is 22.2 Å². The minimum atomic E-state index is -0.664. The molecule has 146 valence electrons. The van der Waals surface area contributed by atoms with Crippen molar-refractivity contribution in [3.63, 3.8) is 0 Å². The quantitative estimate of drug-likeness (QED) is 0.346. The van der Waals surface area contributed by atoms with Gasteiger partial charge in [-0.25, -0.2) is 4.98 Å². The van der Waals surface area contributed by atoms with Crippen molar-refractivity contribution in [1.29, 1.82) is 0 Å². The zero-order valence-electron chi connectivity index (χ0n) is 15.5. The second-order valence-electron chi connectivity index (χ2n) is 6.73. The van der Waals surface area contributed by atoms with E-state index in [0.29, 0.717) is 17.5 Å². The molecule has 0 saturated heterocycles. The summed E-state index contributed by atoms with van der Waals surface area (Å²) in [5.74, 6) is 1.12. The van der Waals surface area contributed by atoms with Gasteiger partial charge in [-0.2, -0.15) is 0 Å². The minimum absolute atomic E-state index is 0.00169. The minimum Gasteiger partial charge on any atom is -0.491 e. The summed E-state index contributed by atoms with van der Waals surface area (Å²) in [5, 5.41) is 11.7. The Morgan fingerprint density at radius 3 is 2.96 bits per heavy atom. The molecule has 0 bridgehead atoms. The molecule has 0 unspecified atom stereocenters. The van der Waals surface area contributed by atoms with E-state index in [1.807, 2.05) is 30.3 Å². The molecule has 0 amide bonds. The molecule has 5 nitrogen and oxygen atoms in total. The maximum absolute atomic E-state index is 13.1. The number of allylic oxidation sites excluding steroid dienone is 1. The molecule has 0 fully saturated rings. The average Bonchev–Trinajstić information content (AvgIpc) is 3.29. The van der Waals surface area contributed by atoms with E-state index in [2.05, 4.69) is 6.58 Å². The Balaban J connectivity index is 1.52. The molecular weight excluding hydrogens is 392 g/mol. The number of hydrogen-bond acceptors (Lipinski definition) is 6. The number of fused-ring (bicyclic) bond motifs is 3. The van der Waals surface area contributed by atoms with Crippen molar-refractivity contribution in [3.8, 4) is 5.75 Å². The van der Waals surface area contributed by atoms with E-state index in [-0.39, 0.29) is 12.2 Å². The van der Waals surface area contributed by atoms with Gasteiger partial charge in [0.15, 0.2) is 5.16 Å². The highest BCUT2D eigenvalue weighted by Crippen LogP contribution is 2.35. The molecule has 2 heterocycles. The number of ether oxygens (including phenoxy) is 1. The van der Waals surface area contributed by atoms with Crippen LogP contribution in [0.2, 0.25) is 0 Å². The van der Waals surface area contributed by atoms with E-state index in [0.717, 1.165) is 35.2 Å². The van der Waals surface area contributed by atoms with E-state index >= 15 is 0 Å². The number of thioether (sulfide) groups is 1. The second kappa shape index (κ2) is 8.51. The molecule has 1 aliphatic rings. The lowest BCUT2D eigenvalue weighted by Crippen LogP contribution is -2.25. The molecule has 1 atom stereocenters. The molecule has 28 heavy (non-hydrogen) atoms. The molecule has 1 N–H and O–H groups in total. The molecule has 1 aromatic carbocycles. The van der Waals surface area contributed by atoms with Crippen molar-refractivity contribution in [2.75, 3.05) is 12.4 Å². The number of rotatable bonds is 8. The van der Waals surface area contributed by atoms with Crippen molar-refractivity contribution in [3.05, 3.63) is 63.8 Å². The Morgan fingerprint density at radius 1 is 1.36 bits per heavy atom. The van der Waals surface area contributed by atoms with Crippen molar-refractivity contribution in [1.82, 2.24) is 9.55 Å². The first kappa shape index (κ1) is 19.2. The van der Waals surface area contributed by atoms with Gasteiger partial charge < -0.3 is 9.84 Å². The monoisotopic (exact) mass is 414 g/mol. The maximum Gasteiger partial charge on any atom is 0.263 e. The highest BCUT2D eigenvalue weighted by molar-refractivity contribution is 7.99. The summed E-state index contributed by atoms with van der Waals surface area (Å²) in [6, 6.07) is 9.41. The normalized spacial score (nSPS) is 14.2. The number of benzene rings is 1. The zero-order chi connectivity index (χ0) is 19.5. The van der Waals surface area contributed by atoms with Crippen LogP contribution in [0.5, 0.6) is 5.75 Å². The van der Waals surface area contributed by atoms with Crippen molar-refractivity contribution in [2.24, 2.45) is 0 Å². The molecule has 0 aliphatic heterocycles. The number of aliphatic hydroxyl groups excluding tert-OH is 1. The Hall–Kier alpha value is -2.09. The predicted molar refractivity (Wildman–Crippen MR) is 115 cm³/mol. The topological polar surface area (TPSA) is 64.3 Å². The van der Waals surface area contributed by atoms with Gasteiger partial charge in [-0.15, -0.1) is 17.9 Å². The lowest BCUT2D eigenvalue weighted by atomic mass is 10.2. The lowest BCUT2D eigenvalue weighted by Gasteiger charge is -2.14. The van der Waals surface area contributed by atoms with Crippen LogP contribution in [0.15, 0.2) is 52.9 Å². The highest BCUT2D eigenvalue weighted by Gasteiger charge is 2.23. The van der Waals surface area contributed by atoms with Gasteiger partial charge in [0.05, 0.1) is 11.5 Å². The molecule has 2 aromatic heterocycles. The molecule has 3 aromatic rings. The van der Waals surface area contributed by atoms with Gasteiger partial charge in [-0.3, -0.25) is 9.36 Å². The van der Waals surface area contributed by atoms with Crippen LogP contribution >= 0.6 is 23.1 Å². The SMILES string of the molecule is C=CCn1c(SC[C@@H](O)COc2ccccc2)nc2sc3c(c2c1=O)CCC3. The van der Waals surface area contributed by atoms with Gasteiger partial charge in [-0.05, 0) is 37.0 Å². The number of hydrogen-bond donors (Lipinski definition) is 1. The Bertz CT molecular complexity index is 1040. The summed E-state index contributed by atoms with van der Waals surface area (Å²) in [4.78, 5) is 20.0. The molecule has 7 heteroatoms. The Kier molecular flexibility index (Phi) is 5.85. The van der Waals surface area contributed by atoms with Gasteiger partial charge in [0, 0.05) is 17.2 Å². The Morgan fingerprint density at radius 2 is 2.18 bits per heavy atom. The van der Waals surface area contributed by atoms with Crippen LogP contribution < -0.4 is 10.3 Å². The van der Waals surface area contributed by atoms with Crippen LogP contribution in [0.1, 0.15) is 16.9 Å². The summed E-state index contributed by atoms with van der Waals surface area (Å²) in [7, 11) is 0. The van der Waals surface area contributed by atoms with Crippen LogP contribution in [0.4, 0.5) is 0 Å². The van der Waals surface area contributed by atoms with Crippen molar-refractivity contribution < 1.29 is 9.84 Å². The van der Waals surface area contributed by atoms with Crippen LogP contribution in [-0.2, 0) is 19.4 Å². The summed E-state index contributed by atoms with van der Waals surface area (Å²) in [5.41, 5.74) is 1.19. The zero-order valence-corrected chi connectivity index (χ0v) is 17.1. The maximum atomic E-state index is 13.1. The first-order valence-corrected chi connectivity index (χ1v) is 11.1. The average molecular weight is 415 g/mol. The molecule has 4 rings (SSSR count). The van der Waals surface area contributed by atoms with Gasteiger partial charge in [0.2, 0.25) is 0 Å². The van der Waals surface area contributed by atoms with Gasteiger partial charge in [0.1, 0.15) is 17.2 Å². The van der Waals surface area contributed by atoms with E-state index in [9.17, 15) is 9.90 Å². The van der Waals surface area contributed by atoms with Crippen molar-refractivity contribution in [2.45, 2.75) is 37.1 Å². The molecule has 1 aliphatic carbocycles. The Labute approximate surface area is 171 Å². The van der Waals surface area contributed by atoms with Crippen LogP contribution in [0, 0.1) is 0 Å². The fourth-order valence-electron chi connectivity index (χ4n) is 3.39. The smallest absolute Gasteiger partial charge is 0.263 e. The second-order valence-corrected chi connectivity index (χ2v) is 8.80. The van der Waals surface area contributed by atoms with Crippen LogP contribution in [0.25, 0.3) is 10.2 Å². The third-order valence-electron chi connectivity index (χ3n) is 4.69. The summed E-state index contributed by atoms with van der Waals surface area (Å²) in [6.07, 6.45) is 4.16. The van der Waals surface area contributed by atoms with Gasteiger partial charge in [-0.1, -0.05) is 36.0 Å². The molecule has 0 saturated carbocycles. The molecule has 0 radical (unpaired) electrons. The number of aliphatic hydroxyl groups is 1. The number of nitrogens with zero attached hydrogens (tertiary/aromatic N) is 2. The summed E-state index contributed by atoms with van der Waals surface area (Å²) < 4.78 is 7.27. The molecule has 0 spiro atoms. The van der Waals surface area contributed by atoms with Crippen LogP contribution in [-0.4, -0.2) is 33.1 Å². The molecular formula is C21H22N2O3S2. The fraction of sp³-hybridized carbons (Fsp3) is 0.333. The van der Waals surface area contributed by atoms with E-state index < -0.39 is 6.10 Å². The largest absolute Gasteiger partial charge is 0.491 e. The number of aromatic nitrogens is 2. The first-order chi connectivity index (χ1) is 13.7. The van der Waals surface area contributed by atoms with Crippen LogP contribution in [0.3, 0.4) is 0 Å². The summed E-state index contributed by atoms with van der Waals surface area (Å²) in [6.45, 7) is 4.37. The lowest BCUT2D eigenvalue weighted by molar-refractivity contribution is 0.126. The number of thiophene rings is 1. The first-order valence-electron chi connectivity index (χ1n) is 9.32. The fourth-order valence-corrected chi connectivity index (χ4v) is 5.60. The number of para-hydroxylation sites is 1. The predicted octanol–water partition coefficient (Wildman–Crippen LogP) is 3.66. The van der Waals surface area contributed by atoms with Gasteiger partial charge in [0.25, 0.3) is 5.56 Å². The standard InChI is InChI=1S/C21H22N2O3S2/c1-2-11-23-20(25)18-16-9-6-10-17(16)28-19(18)22-21(23)27-13-14(24)12-26-15-7-4-3-5-8-15/h2-5,7-8,14,24H,1,6,9-13H2/t14-/m0/s1. The third kappa shape index (κ3) is 3.87. The van der Waals surface area contributed by atoms with E-state index in [4.69, 9.17) is 9.72 Å². The number of aryl methyl sites for hydroxylation is 2. The third-order valence-corrected chi connectivity index (χ3v) is 7.00. The van der Waals surface area contributed by atoms with Gasteiger partial charge >= 0.3 is 0 Å². The van der Waals surface area contributed by atoms with Crippen molar-refractivity contribution >= 4 is 33.3 Å². The van der Waals surface area contributed by atoms with E-state index in [1.54, 1.807) is 22.0 Å². The highest BCUT2D eigenvalue weighted by atomic mass is 32.2. The summed E-state index contributed by atoms with van der Waals surface area (Å²) >= 11 is 3.01.